The summed E-state index contributed by atoms with van der Waals surface area (Å²) in [6.07, 6.45) is 42.1. The van der Waals surface area contributed by atoms with Crippen LogP contribution in [0.15, 0.2) is 48.6 Å². The third kappa shape index (κ3) is 30.8. The van der Waals surface area contributed by atoms with Crippen LogP contribution in [-0.2, 0) is 14.3 Å². The fraction of sp³-hybridized carbons (Fsp3) is 0.824. The van der Waals surface area contributed by atoms with E-state index in [0.717, 1.165) is 51.4 Å². The van der Waals surface area contributed by atoms with Crippen molar-refractivity contribution in [3.63, 3.8) is 0 Å². The van der Waals surface area contributed by atoms with Crippen LogP contribution >= 0.6 is 0 Å². The smallest absolute Gasteiger partial charge is 0.249 e. The number of aliphatic hydroxyl groups is 6. The second kappa shape index (κ2) is 40.9. The molecule has 61 heavy (non-hydrogen) atoms. The summed E-state index contributed by atoms with van der Waals surface area (Å²) in [6.45, 7) is 3.55. The monoisotopic (exact) mass is 864 g/mol. The molecule has 0 aromatic carbocycles. The summed E-state index contributed by atoms with van der Waals surface area (Å²) in [5.41, 5.74) is 0. The van der Waals surface area contributed by atoms with Crippen molar-refractivity contribution in [3.8, 4) is 0 Å². The molecule has 0 spiro atoms. The van der Waals surface area contributed by atoms with Gasteiger partial charge in [0.25, 0.3) is 0 Å². The van der Waals surface area contributed by atoms with Crippen LogP contribution < -0.4 is 5.32 Å². The molecule has 356 valence electrons. The first-order chi connectivity index (χ1) is 29.8. The summed E-state index contributed by atoms with van der Waals surface area (Å²) in [6, 6.07) is -1.00. The first kappa shape index (κ1) is 57.1. The van der Waals surface area contributed by atoms with Gasteiger partial charge in [-0.15, -0.1) is 0 Å². The summed E-state index contributed by atoms with van der Waals surface area (Å²) in [5.74, 6) is -0.635. The molecule has 0 aromatic rings. The molecule has 1 saturated heterocycles. The molecule has 0 aliphatic carbocycles. The summed E-state index contributed by atoms with van der Waals surface area (Å²) in [7, 11) is 0. The van der Waals surface area contributed by atoms with Crippen molar-refractivity contribution in [1.29, 1.82) is 0 Å². The van der Waals surface area contributed by atoms with E-state index in [1.807, 2.05) is 6.08 Å². The summed E-state index contributed by atoms with van der Waals surface area (Å²) >= 11 is 0. The minimum Gasteiger partial charge on any atom is -0.394 e. The first-order valence-electron chi connectivity index (χ1n) is 25.0. The third-order valence-corrected chi connectivity index (χ3v) is 11.7. The van der Waals surface area contributed by atoms with Crippen LogP contribution in [0.1, 0.15) is 206 Å². The van der Waals surface area contributed by atoms with E-state index in [4.69, 9.17) is 9.47 Å². The number of aliphatic hydroxyl groups excluding tert-OH is 6. The van der Waals surface area contributed by atoms with E-state index in [1.54, 1.807) is 6.08 Å². The highest BCUT2D eigenvalue weighted by atomic mass is 16.7. The quantitative estimate of drug-likeness (QED) is 0.0234. The standard InChI is InChI=1S/C51H93NO9/c1-3-5-7-9-11-13-15-17-18-19-20-21-22-23-24-25-26-28-30-32-34-36-38-40-45(55)50(59)52-43(42-60-51-49(58)48(57)47(56)46(41-53)61-51)44(54)39-37-35-33-31-29-27-16-14-12-10-8-6-4-2/h12,14,23-24,29,31,37,39,43-49,51,53-58H,3-11,13,15-22,25-28,30,32-36,38,40-42H2,1-2H3,(H,52,59)/b14-12+,24-23-,31-29+,39-37+. The fourth-order valence-corrected chi connectivity index (χ4v) is 7.60. The highest BCUT2D eigenvalue weighted by Gasteiger charge is 2.44. The second-order valence-corrected chi connectivity index (χ2v) is 17.4. The molecule has 8 atom stereocenters. The molecule has 1 aliphatic heterocycles. The Morgan fingerprint density at radius 2 is 0.967 bits per heavy atom. The topological polar surface area (TPSA) is 169 Å². The molecule has 0 saturated carbocycles. The Bertz CT molecular complexity index is 1110. The van der Waals surface area contributed by atoms with Crippen LogP contribution in [0.3, 0.4) is 0 Å². The molecule has 0 radical (unpaired) electrons. The minimum atomic E-state index is -1.62. The van der Waals surface area contributed by atoms with Gasteiger partial charge in [0.15, 0.2) is 6.29 Å². The van der Waals surface area contributed by atoms with E-state index in [-0.39, 0.29) is 6.61 Å². The molecule has 10 nitrogen and oxygen atoms in total. The lowest BCUT2D eigenvalue weighted by molar-refractivity contribution is -0.302. The van der Waals surface area contributed by atoms with Crippen LogP contribution in [0.5, 0.6) is 0 Å². The van der Waals surface area contributed by atoms with Crippen LogP contribution in [-0.4, -0.2) is 98.7 Å². The normalized spacial score (nSPS) is 21.3. The number of amides is 1. The number of unbranched alkanes of at least 4 members (excludes halogenated alkanes) is 24. The maximum Gasteiger partial charge on any atom is 0.249 e. The highest BCUT2D eigenvalue weighted by molar-refractivity contribution is 5.80. The number of rotatable bonds is 41. The zero-order valence-electron chi connectivity index (χ0n) is 38.8. The Balaban J connectivity index is 2.34. The van der Waals surface area contributed by atoms with Crippen molar-refractivity contribution in [3.05, 3.63) is 48.6 Å². The molecule has 8 unspecified atom stereocenters. The minimum absolute atomic E-state index is 0.295. The predicted octanol–water partition coefficient (Wildman–Crippen LogP) is 9.98. The number of carbonyl (C=O) groups excluding carboxylic acids is 1. The molecule has 1 amide bonds. The van der Waals surface area contributed by atoms with E-state index in [2.05, 4.69) is 55.6 Å². The first-order valence-corrected chi connectivity index (χ1v) is 25.0. The molecule has 7 N–H and O–H groups in total. The molecular formula is C51H93NO9. The molecule has 1 aliphatic rings. The van der Waals surface area contributed by atoms with Crippen molar-refractivity contribution in [2.24, 2.45) is 0 Å². The second-order valence-electron chi connectivity index (χ2n) is 17.4. The average Bonchev–Trinajstić information content (AvgIpc) is 3.26. The Morgan fingerprint density at radius 3 is 1.46 bits per heavy atom. The van der Waals surface area contributed by atoms with Crippen molar-refractivity contribution in [2.45, 2.75) is 255 Å². The maximum atomic E-state index is 13.1. The van der Waals surface area contributed by atoms with Crippen molar-refractivity contribution in [2.75, 3.05) is 13.2 Å². The molecule has 1 heterocycles. The van der Waals surface area contributed by atoms with E-state index in [9.17, 15) is 35.4 Å². The molecule has 1 rings (SSSR count). The number of ether oxygens (including phenoxy) is 2. The summed E-state index contributed by atoms with van der Waals surface area (Å²) in [5, 5.41) is 64.7. The average molecular weight is 864 g/mol. The van der Waals surface area contributed by atoms with Crippen LogP contribution in [0.4, 0.5) is 0 Å². The van der Waals surface area contributed by atoms with Gasteiger partial charge in [0.05, 0.1) is 25.4 Å². The number of nitrogens with one attached hydrogen (secondary N) is 1. The summed E-state index contributed by atoms with van der Waals surface area (Å²) in [4.78, 5) is 13.1. The van der Waals surface area contributed by atoms with Gasteiger partial charge in [-0.05, 0) is 70.6 Å². The van der Waals surface area contributed by atoms with Gasteiger partial charge < -0.3 is 45.4 Å². The lowest BCUT2D eigenvalue weighted by Crippen LogP contribution is -2.60. The van der Waals surface area contributed by atoms with Crippen LogP contribution in [0.25, 0.3) is 0 Å². The van der Waals surface area contributed by atoms with Gasteiger partial charge in [-0.3, -0.25) is 4.79 Å². The number of hydrogen-bond donors (Lipinski definition) is 7. The maximum absolute atomic E-state index is 13.1. The van der Waals surface area contributed by atoms with Gasteiger partial charge in [0, 0.05) is 0 Å². The Labute approximate surface area is 372 Å². The zero-order chi connectivity index (χ0) is 44.6. The SMILES string of the molecule is CCCCC/C=C/CC/C=C/CC/C=C/C(O)C(COC1OC(CO)C(O)C(O)C1O)NC(=O)C(O)CCCCCCCCC/C=C\CCCCCCCCCCCCCC. The van der Waals surface area contributed by atoms with Gasteiger partial charge in [0.1, 0.15) is 30.5 Å². The van der Waals surface area contributed by atoms with E-state index in [0.29, 0.717) is 19.3 Å². The number of carbonyl (C=O) groups is 1. The van der Waals surface area contributed by atoms with Crippen molar-refractivity contribution >= 4 is 5.91 Å². The van der Waals surface area contributed by atoms with E-state index >= 15 is 0 Å². The lowest BCUT2D eigenvalue weighted by Gasteiger charge is -2.40. The predicted molar refractivity (Wildman–Crippen MR) is 250 cm³/mol. The molecule has 1 fully saturated rings. The van der Waals surface area contributed by atoms with Gasteiger partial charge in [-0.2, -0.15) is 0 Å². The molecule has 0 bridgehead atoms. The van der Waals surface area contributed by atoms with Gasteiger partial charge >= 0.3 is 0 Å². The van der Waals surface area contributed by atoms with Crippen LogP contribution in [0, 0.1) is 0 Å². The summed E-state index contributed by atoms with van der Waals surface area (Å²) < 4.78 is 11.1. The number of allylic oxidation sites excluding steroid dienone is 7. The zero-order valence-corrected chi connectivity index (χ0v) is 38.8. The highest BCUT2D eigenvalue weighted by Crippen LogP contribution is 2.23. The van der Waals surface area contributed by atoms with Gasteiger partial charge in [-0.1, -0.05) is 184 Å². The molecule has 10 heteroatoms. The Hall–Kier alpha value is -1.89. The van der Waals surface area contributed by atoms with Crippen LogP contribution in [0.2, 0.25) is 0 Å². The van der Waals surface area contributed by atoms with Crippen molar-refractivity contribution in [1.82, 2.24) is 5.32 Å². The molecule has 0 aromatic heterocycles. The van der Waals surface area contributed by atoms with Gasteiger partial charge in [0.2, 0.25) is 5.91 Å². The van der Waals surface area contributed by atoms with Gasteiger partial charge in [-0.25, -0.2) is 0 Å². The Kier molecular flexibility index (Phi) is 38.3. The lowest BCUT2D eigenvalue weighted by atomic mass is 9.99. The third-order valence-electron chi connectivity index (χ3n) is 11.7. The Morgan fingerprint density at radius 1 is 0.557 bits per heavy atom. The number of hydrogen-bond acceptors (Lipinski definition) is 9. The van der Waals surface area contributed by atoms with Crippen molar-refractivity contribution < 1.29 is 44.9 Å². The van der Waals surface area contributed by atoms with E-state index in [1.165, 1.54) is 122 Å². The largest absolute Gasteiger partial charge is 0.394 e. The fourth-order valence-electron chi connectivity index (χ4n) is 7.60. The van der Waals surface area contributed by atoms with E-state index < -0.39 is 61.5 Å². The molecular weight excluding hydrogens is 771 g/mol.